The molecule has 112 valence electrons. The molecule has 4 nitrogen and oxygen atoms in total. The Balaban J connectivity index is 2.07. The molecular weight excluding hydrogens is 327 g/mol. The first-order valence-electron chi connectivity index (χ1n) is 5.87. The van der Waals surface area contributed by atoms with Gasteiger partial charge in [-0.15, -0.1) is 11.3 Å². The zero-order valence-corrected chi connectivity index (χ0v) is 12.0. The second kappa shape index (κ2) is 5.06. The van der Waals surface area contributed by atoms with Crippen LogP contribution in [0.1, 0.15) is 26.7 Å². The molecule has 0 fully saturated rings. The number of hydrogen-bond acceptors (Lipinski definition) is 5. The van der Waals surface area contributed by atoms with E-state index >= 15 is 0 Å². The molecule has 0 spiro atoms. The fourth-order valence-electron chi connectivity index (χ4n) is 2.02. The van der Waals surface area contributed by atoms with Crippen LogP contribution >= 0.6 is 23.1 Å². The average molecular weight is 335 g/mol. The normalized spacial score (nSPS) is 15.0. The van der Waals surface area contributed by atoms with E-state index in [-0.39, 0.29) is 5.89 Å². The van der Waals surface area contributed by atoms with Gasteiger partial charge in [-0.3, -0.25) is 0 Å². The van der Waals surface area contributed by atoms with E-state index in [0.717, 1.165) is 28.4 Å². The molecule has 3 rings (SSSR count). The molecule has 0 amide bonds. The molecule has 9 heteroatoms. The van der Waals surface area contributed by atoms with Gasteiger partial charge in [0.1, 0.15) is 0 Å². The van der Waals surface area contributed by atoms with Gasteiger partial charge in [0.05, 0.1) is 4.88 Å². The number of carboxylic acid groups (broad SMARTS) is 1. The molecular formula is C12H8F3NO3S2. The van der Waals surface area contributed by atoms with Gasteiger partial charge < -0.3 is 9.52 Å². The molecule has 0 saturated heterocycles. The molecule has 0 unspecified atom stereocenters. The van der Waals surface area contributed by atoms with E-state index in [0.29, 0.717) is 4.88 Å². The lowest BCUT2D eigenvalue weighted by molar-refractivity contribution is -0.141. The van der Waals surface area contributed by atoms with E-state index < -0.39 is 23.6 Å². The lowest BCUT2D eigenvalue weighted by atomic mass is 10.2. The van der Waals surface area contributed by atoms with Crippen LogP contribution in [0.5, 0.6) is 0 Å². The Kier molecular flexibility index (Phi) is 3.48. The Morgan fingerprint density at radius 3 is 2.76 bits per heavy atom. The van der Waals surface area contributed by atoms with Crippen LogP contribution < -0.4 is 0 Å². The summed E-state index contributed by atoms with van der Waals surface area (Å²) in [5.41, 5.74) is -0.444. The van der Waals surface area contributed by atoms with Gasteiger partial charge in [0.2, 0.25) is 11.7 Å². The number of aromatic carboxylic acids is 1. The molecule has 0 bridgehead atoms. The van der Waals surface area contributed by atoms with Crippen molar-refractivity contribution in [3.8, 4) is 10.8 Å². The molecule has 1 aliphatic rings. The van der Waals surface area contributed by atoms with Gasteiger partial charge in [-0.2, -0.15) is 24.9 Å². The zero-order valence-electron chi connectivity index (χ0n) is 10.4. The third-order valence-electron chi connectivity index (χ3n) is 2.93. The highest BCUT2D eigenvalue weighted by atomic mass is 32.2. The third-order valence-corrected chi connectivity index (χ3v) is 5.16. The van der Waals surface area contributed by atoms with Crippen LogP contribution in [0.4, 0.5) is 13.2 Å². The summed E-state index contributed by atoms with van der Waals surface area (Å²) >= 11 is 3.05. The van der Waals surface area contributed by atoms with E-state index in [1.165, 1.54) is 11.3 Å². The zero-order chi connectivity index (χ0) is 15.2. The molecule has 0 aliphatic carbocycles. The Morgan fingerprint density at radius 1 is 1.43 bits per heavy atom. The summed E-state index contributed by atoms with van der Waals surface area (Å²) in [5, 5.41) is 8.82. The average Bonchev–Trinajstić information content (AvgIpc) is 3.02. The minimum absolute atomic E-state index is 0.288. The minimum Gasteiger partial charge on any atom is -0.475 e. The quantitative estimate of drug-likeness (QED) is 0.901. The highest BCUT2D eigenvalue weighted by Crippen LogP contribution is 2.39. The summed E-state index contributed by atoms with van der Waals surface area (Å²) in [5.74, 6) is -1.47. The summed E-state index contributed by atoms with van der Waals surface area (Å²) in [7, 11) is 0. The summed E-state index contributed by atoms with van der Waals surface area (Å²) in [6.45, 7) is 0. The first-order valence-corrected chi connectivity index (χ1v) is 7.84. The molecule has 0 atom stereocenters. The number of fused-ring (bicyclic) bond motifs is 1. The van der Waals surface area contributed by atoms with Gasteiger partial charge in [-0.1, -0.05) is 0 Å². The van der Waals surface area contributed by atoms with Gasteiger partial charge in [0, 0.05) is 10.6 Å². The van der Waals surface area contributed by atoms with Crippen molar-refractivity contribution in [3.05, 3.63) is 28.0 Å². The summed E-state index contributed by atoms with van der Waals surface area (Å²) < 4.78 is 43.2. The third kappa shape index (κ3) is 2.67. The molecule has 2 aromatic heterocycles. The highest BCUT2D eigenvalue weighted by Gasteiger charge is 2.41. The van der Waals surface area contributed by atoms with Crippen LogP contribution in [0.3, 0.4) is 0 Å². The van der Waals surface area contributed by atoms with Crippen molar-refractivity contribution >= 4 is 29.1 Å². The van der Waals surface area contributed by atoms with Crippen LogP contribution in [0.2, 0.25) is 0 Å². The van der Waals surface area contributed by atoms with Crippen molar-refractivity contribution in [2.45, 2.75) is 18.3 Å². The maximum Gasteiger partial charge on any atom is 0.437 e. The van der Waals surface area contributed by atoms with E-state index in [2.05, 4.69) is 4.98 Å². The first-order chi connectivity index (χ1) is 9.86. The van der Waals surface area contributed by atoms with E-state index in [1.807, 2.05) is 0 Å². The Morgan fingerprint density at radius 2 is 2.19 bits per heavy atom. The molecule has 1 aliphatic heterocycles. The summed E-state index contributed by atoms with van der Waals surface area (Å²) in [4.78, 5) is 15.7. The second-order valence-electron chi connectivity index (χ2n) is 4.36. The van der Waals surface area contributed by atoms with Crippen LogP contribution in [-0.2, 0) is 18.3 Å². The van der Waals surface area contributed by atoms with Gasteiger partial charge in [-0.25, -0.2) is 9.78 Å². The molecule has 21 heavy (non-hydrogen) atoms. The number of nitrogens with zero attached hydrogens (tertiary/aromatic N) is 1. The van der Waals surface area contributed by atoms with Crippen molar-refractivity contribution in [1.29, 1.82) is 0 Å². The maximum atomic E-state index is 12.8. The van der Waals surface area contributed by atoms with Crippen molar-refractivity contribution in [1.82, 2.24) is 4.98 Å². The van der Waals surface area contributed by atoms with Crippen LogP contribution in [-0.4, -0.2) is 21.8 Å². The minimum atomic E-state index is -4.86. The number of thioether (sulfide) groups is 1. The number of rotatable bonds is 2. The van der Waals surface area contributed by atoms with Gasteiger partial charge in [0.15, 0.2) is 5.69 Å². The second-order valence-corrected chi connectivity index (χ2v) is 6.60. The molecule has 0 saturated carbocycles. The number of hydrogen-bond donors (Lipinski definition) is 1. The van der Waals surface area contributed by atoms with Crippen molar-refractivity contribution in [2.75, 3.05) is 5.75 Å². The number of aryl methyl sites for hydroxylation is 1. The predicted octanol–water partition coefficient (Wildman–Crippen LogP) is 3.91. The Labute approximate surface area is 125 Å². The fourth-order valence-corrected chi connectivity index (χ4v) is 4.31. The first kappa shape index (κ1) is 14.5. The smallest absolute Gasteiger partial charge is 0.437 e. The van der Waals surface area contributed by atoms with E-state index in [4.69, 9.17) is 9.52 Å². The van der Waals surface area contributed by atoms with Crippen LogP contribution in [0.15, 0.2) is 10.5 Å². The van der Waals surface area contributed by atoms with Crippen molar-refractivity contribution in [3.63, 3.8) is 0 Å². The number of alkyl halides is 3. The number of aromatic nitrogens is 1. The molecule has 3 heterocycles. The summed E-state index contributed by atoms with van der Waals surface area (Å²) in [6, 6.07) is 1.73. The lowest BCUT2D eigenvalue weighted by Gasteiger charge is -2.08. The van der Waals surface area contributed by atoms with E-state index in [9.17, 15) is 18.0 Å². The lowest BCUT2D eigenvalue weighted by Crippen LogP contribution is -2.11. The monoisotopic (exact) mass is 335 g/mol. The van der Waals surface area contributed by atoms with Gasteiger partial charge in [0.25, 0.3) is 0 Å². The topological polar surface area (TPSA) is 63.3 Å². The van der Waals surface area contributed by atoms with Crippen molar-refractivity contribution in [2.24, 2.45) is 0 Å². The number of carboxylic acids is 1. The number of halogens is 3. The highest BCUT2D eigenvalue weighted by molar-refractivity contribution is 7.98. The van der Waals surface area contributed by atoms with Gasteiger partial charge in [-0.05, 0) is 23.8 Å². The summed E-state index contributed by atoms with van der Waals surface area (Å²) in [6.07, 6.45) is -4.01. The predicted molar refractivity (Wildman–Crippen MR) is 71.6 cm³/mol. The Bertz CT molecular complexity index is 682. The number of thiophene rings is 1. The maximum absolute atomic E-state index is 12.8. The SMILES string of the molecule is O=C(O)c1oc(-c2cc3c(s2)CCSC3)nc1C(F)(F)F. The Hall–Kier alpha value is -1.48. The van der Waals surface area contributed by atoms with Crippen LogP contribution in [0, 0.1) is 0 Å². The van der Waals surface area contributed by atoms with Gasteiger partial charge >= 0.3 is 12.1 Å². The fraction of sp³-hybridized carbons (Fsp3) is 0.333. The standard InChI is InChI=1S/C12H8F3NO3S2/c13-12(14,15)9-8(11(17)18)19-10(16-9)7-3-5-4-20-2-1-6(5)21-7/h3H,1-2,4H2,(H,17,18). The largest absolute Gasteiger partial charge is 0.475 e. The van der Waals surface area contributed by atoms with Crippen LogP contribution in [0.25, 0.3) is 10.8 Å². The molecule has 0 aromatic carbocycles. The molecule has 1 N–H and O–H groups in total. The van der Waals surface area contributed by atoms with E-state index in [1.54, 1.807) is 17.8 Å². The molecule has 0 radical (unpaired) electrons. The van der Waals surface area contributed by atoms with Crippen molar-refractivity contribution < 1.29 is 27.5 Å². The number of oxazole rings is 1. The number of carbonyl (C=O) groups is 1. The molecule has 2 aromatic rings.